The summed E-state index contributed by atoms with van der Waals surface area (Å²) in [5, 5.41) is 7.41. The van der Waals surface area contributed by atoms with Crippen LogP contribution in [0.1, 0.15) is 52.6 Å². The molecule has 0 radical (unpaired) electrons. The van der Waals surface area contributed by atoms with Gasteiger partial charge >= 0.3 is 5.97 Å². The maximum atomic E-state index is 12.3. The lowest BCUT2D eigenvalue weighted by atomic mass is 9.87. The van der Waals surface area contributed by atoms with Gasteiger partial charge in [-0.2, -0.15) is 0 Å². The van der Waals surface area contributed by atoms with Crippen LogP contribution in [0.25, 0.3) is 0 Å². The molecule has 3 rings (SSSR count). The van der Waals surface area contributed by atoms with Gasteiger partial charge in [-0.1, -0.05) is 6.07 Å². The van der Waals surface area contributed by atoms with E-state index in [0.717, 1.165) is 25.7 Å². The fourth-order valence-electron chi connectivity index (χ4n) is 3.50. The Kier molecular flexibility index (Phi) is 8.46. The van der Waals surface area contributed by atoms with Crippen molar-refractivity contribution in [3.8, 4) is 5.75 Å². The van der Waals surface area contributed by atoms with E-state index in [4.69, 9.17) is 9.47 Å². The Hall–Kier alpha value is -2.87. The van der Waals surface area contributed by atoms with Crippen LogP contribution in [0, 0.1) is 5.92 Å². The van der Waals surface area contributed by atoms with Crippen LogP contribution in [0.15, 0.2) is 41.8 Å². The predicted octanol–water partition coefficient (Wildman–Crippen LogP) is 3.41. The van der Waals surface area contributed by atoms with E-state index < -0.39 is 0 Å². The van der Waals surface area contributed by atoms with Crippen molar-refractivity contribution in [3.05, 3.63) is 52.2 Å². The summed E-state index contributed by atoms with van der Waals surface area (Å²) >= 11 is 1.38. The van der Waals surface area contributed by atoms with Crippen LogP contribution in [-0.4, -0.2) is 43.6 Å². The summed E-state index contributed by atoms with van der Waals surface area (Å²) in [4.78, 5) is 36.6. The summed E-state index contributed by atoms with van der Waals surface area (Å²) in [5.41, 5.74) is 0.531. The number of amides is 2. The molecule has 1 heterocycles. The second-order valence-corrected chi connectivity index (χ2v) is 8.30. The lowest BCUT2D eigenvalue weighted by Crippen LogP contribution is -2.34. The van der Waals surface area contributed by atoms with Gasteiger partial charge in [-0.3, -0.25) is 14.4 Å². The number of esters is 1. The van der Waals surface area contributed by atoms with Crippen molar-refractivity contribution in [2.75, 3.05) is 19.7 Å². The molecule has 0 saturated heterocycles. The Labute approximate surface area is 186 Å². The fraction of sp³-hybridized carbons (Fsp3) is 0.435. The topological polar surface area (TPSA) is 93.7 Å². The number of hydrogen-bond donors (Lipinski definition) is 2. The molecule has 0 unspecified atom stereocenters. The van der Waals surface area contributed by atoms with Crippen molar-refractivity contribution in [2.45, 2.75) is 38.7 Å². The number of thiophene rings is 1. The molecule has 0 spiro atoms. The van der Waals surface area contributed by atoms with Gasteiger partial charge in [-0.15, -0.1) is 11.3 Å². The van der Waals surface area contributed by atoms with Gasteiger partial charge in [0.1, 0.15) is 5.75 Å². The molecule has 1 aliphatic carbocycles. The number of ether oxygens (including phenoxy) is 2. The molecule has 8 heteroatoms. The quantitative estimate of drug-likeness (QED) is 0.457. The molecule has 1 aliphatic rings. The minimum atomic E-state index is -0.202. The normalized spacial score (nSPS) is 18.1. The van der Waals surface area contributed by atoms with Gasteiger partial charge < -0.3 is 20.1 Å². The molecule has 0 aliphatic heterocycles. The Morgan fingerprint density at radius 2 is 1.65 bits per heavy atom. The first kappa shape index (κ1) is 22.8. The zero-order valence-electron chi connectivity index (χ0n) is 17.6. The van der Waals surface area contributed by atoms with Crippen molar-refractivity contribution in [1.29, 1.82) is 0 Å². The molecular formula is C23H28N2O5S. The highest BCUT2D eigenvalue weighted by Crippen LogP contribution is 2.28. The minimum absolute atomic E-state index is 0.0269. The van der Waals surface area contributed by atoms with E-state index in [1.54, 1.807) is 30.3 Å². The summed E-state index contributed by atoms with van der Waals surface area (Å²) in [7, 11) is 0. The van der Waals surface area contributed by atoms with Gasteiger partial charge in [0.05, 0.1) is 23.5 Å². The predicted molar refractivity (Wildman–Crippen MR) is 118 cm³/mol. The second kappa shape index (κ2) is 11.5. The highest BCUT2D eigenvalue weighted by Gasteiger charge is 2.28. The third kappa shape index (κ3) is 6.82. The van der Waals surface area contributed by atoms with E-state index in [1.807, 2.05) is 18.4 Å². The summed E-state index contributed by atoms with van der Waals surface area (Å²) < 4.78 is 11.1. The number of nitrogens with one attached hydrogen (secondary N) is 2. The van der Waals surface area contributed by atoms with E-state index >= 15 is 0 Å². The molecule has 1 fully saturated rings. The van der Waals surface area contributed by atoms with E-state index in [9.17, 15) is 14.4 Å². The number of rotatable bonds is 9. The molecule has 2 N–H and O–H groups in total. The molecule has 166 valence electrons. The van der Waals surface area contributed by atoms with Crippen molar-refractivity contribution in [2.24, 2.45) is 5.92 Å². The third-order valence-electron chi connectivity index (χ3n) is 5.15. The van der Waals surface area contributed by atoms with Gasteiger partial charge in [0.15, 0.2) is 0 Å². The molecule has 7 nitrogen and oxygen atoms in total. The molecular weight excluding hydrogens is 416 g/mol. The van der Waals surface area contributed by atoms with E-state index in [1.165, 1.54) is 11.3 Å². The Balaban J connectivity index is 1.37. The van der Waals surface area contributed by atoms with Crippen molar-refractivity contribution in [3.63, 3.8) is 0 Å². The first-order chi connectivity index (χ1) is 15.1. The average molecular weight is 445 g/mol. The maximum absolute atomic E-state index is 12.3. The molecule has 31 heavy (non-hydrogen) atoms. The first-order valence-corrected chi connectivity index (χ1v) is 11.5. The van der Waals surface area contributed by atoms with Crippen LogP contribution in [0.2, 0.25) is 0 Å². The standard InChI is InChI=1S/C23H28N2O5S/c1-2-29-23(28)17-7-11-19(12-8-17)30-18-9-5-16(6-10-18)21(26)24-13-14-25-22(27)20-4-3-15-31-20/h3-6,9-10,15,17,19H,2,7-8,11-14H2,1H3,(H,24,26)(H,25,27). The van der Waals surface area contributed by atoms with Gasteiger partial charge in [-0.25, -0.2) is 0 Å². The van der Waals surface area contributed by atoms with Crippen LogP contribution >= 0.6 is 11.3 Å². The van der Waals surface area contributed by atoms with Crippen molar-refractivity contribution >= 4 is 29.1 Å². The number of hydrogen-bond acceptors (Lipinski definition) is 6. The lowest BCUT2D eigenvalue weighted by Gasteiger charge is -2.27. The SMILES string of the molecule is CCOC(=O)C1CCC(Oc2ccc(C(=O)NCCNC(=O)c3cccs3)cc2)CC1. The minimum Gasteiger partial charge on any atom is -0.490 e. The molecule has 0 atom stereocenters. The van der Waals surface area contributed by atoms with Crippen LogP contribution in [0.4, 0.5) is 0 Å². The maximum Gasteiger partial charge on any atom is 0.308 e. The van der Waals surface area contributed by atoms with Crippen LogP contribution in [0.5, 0.6) is 5.75 Å². The smallest absolute Gasteiger partial charge is 0.308 e. The van der Waals surface area contributed by atoms with E-state index in [2.05, 4.69) is 10.6 Å². The van der Waals surface area contributed by atoms with Gasteiger partial charge in [0.2, 0.25) is 0 Å². The van der Waals surface area contributed by atoms with Crippen molar-refractivity contribution < 1.29 is 23.9 Å². The molecule has 1 aromatic heterocycles. The van der Waals surface area contributed by atoms with Crippen LogP contribution in [0.3, 0.4) is 0 Å². The Morgan fingerprint density at radius 3 is 2.26 bits per heavy atom. The summed E-state index contributed by atoms with van der Waals surface area (Å²) in [6.45, 7) is 2.94. The lowest BCUT2D eigenvalue weighted by molar-refractivity contribution is -0.149. The van der Waals surface area contributed by atoms with Gasteiger partial charge in [0.25, 0.3) is 11.8 Å². The fourth-order valence-corrected chi connectivity index (χ4v) is 4.14. The number of carbonyl (C=O) groups is 3. The van der Waals surface area contributed by atoms with Crippen molar-refractivity contribution in [1.82, 2.24) is 10.6 Å². The molecule has 0 bridgehead atoms. The number of benzene rings is 1. The molecule has 1 saturated carbocycles. The highest BCUT2D eigenvalue weighted by molar-refractivity contribution is 7.12. The molecule has 1 aromatic carbocycles. The summed E-state index contributed by atoms with van der Waals surface area (Å²) in [6, 6.07) is 10.6. The monoisotopic (exact) mass is 444 g/mol. The van der Waals surface area contributed by atoms with Crippen LogP contribution in [-0.2, 0) is 9.53 Å². The van der Waals surface area contributed by atoms with E-state index in [-0.39, 0.29) is 29.8 Å². The first-order valence-electron chi connectivity index (χ1n) is 10.6. The largest absolute Gasteiger partial charge is 0.490 e. The Bertz CT molecular complexity index is 859. The summed E-state index contributed by atoms with van der Waals surface area (Å²) in [6.07, 6.45) is 3.23. The third-order valence-corrected chi connectivity index (χ3v) is 6.02. The van der Waals surface area contributed by atoms with Gasteiger partial charge in [-0.05, 0) is 68.3 Å². The zero-order chi connectivity index (χ0) is 22.1. The molecule has 2 amide bonds. The number of carbonyl (C=O) groups excluding carboxylic acids is 3. The average Bonchev–Trinajstić information content (AvgIpc) is 3.33. The van der Waals surface area contributed by atoms with Crippen LogP contribution < -0.4 is 15.4 Å². The second-order valence-electron chi connectivity index (χ2n) is 7.36. The molecule has 2 aromatic rings. The van der Waals surface area contributed by atoms with E-state index in [0.29, 0.717) is 35.9 Å². The Morgan fingerprint density at radius 1 is 0.968 bits per heavy atom. The highest BCUT2D eigenvalue weighted by atomic mass is 32.1. The zero-order valence-corrected chi connectivity index (χ0v) is 18.4. The van der Waals surface area contributed by atoms with Gasteiger partial charge in [0, 0.05) is 18.7 Å². The summed E-state index contributed by atoms with van der Waals surface area (Å²) in [5.74, 6) is 0.233.